The highest BCUT2D eigenvalue weighted by molar-refractivity contribution is 7.09. The van der Waals surface area contributed by atoms with E-state index < -0.39 is 98.7 Å². The van der Waals surface area contributed by atoms with Crippen molar-refractivity contribution >= 4 is 45.2 Å². The Morgan fingerprint density at radius 2 is 1.07 bits per heavy atom. The minimum absolute atomic E-state index is 0.0876. The van der Waals surface area contributed by atoms with E-state index in [1.165, 1.54) is 37.2 Å². The van der Waals surface area contributed by atoms with Crippen molar-refractivity contribution in [3.63, 3.8) is 0 Å². The molecule has 0 spiro atoms. The average molecular weight is 903 g/mol. The van der Waals surface area contributed by atoms with Gasteiger partial charge in [-0.25, -0.2) is 32.3 Å². The van der Waals surface area contributed by atoms with Crippen molar-refractivity contribution in [3.8, 4) is 23.0 Å². The molecule has 60 heavy (non-hydrogen) atoms. The molecule has 0 atom stereocenters. The summed E-state index contributed by atoms with van der Waals surface area (Å²) >= 11 is 2.03. The number of ether oxygens (including phenoxy) is 2. The number of anilines is 2. The zero-order valence-corrected chi connectivity index (χ0v) is 30.7. The van der Waals surface area contributed by atoms with Crippen molar-refractivity contribution in [2.45, 2.75) is 25.5 Å². The second-order valence-electron chi connectivity index (χ2n) is 11.3. The summed E-state index contributed by atoms with van der Waals surface area (Å²) in [6.45, 7) is 1.40. The minimum Gasteiger partial charge on any atom is -0.478 e. The molecule has 2 aromatic heterocycles. The number of amides is 1. The molecule has 0 radical (unpaired) electrons. The number of nitrogen functional groups attached to an aromatic ring is 1. The van der Waals surface area contributed by atoms with Crippen LogP contribution in [0.4, 0.5) is 67.3 Å². The Kier molecular flexibility index (Phi) is 14.3. The third-order valence-electron chi connectivity index (χ3n) is 6.87. The number of carbonyl (C=O) groups excluding carboxylic acids is 1. The fourth-order valence-electron chi connectivity index (χ4n) is 4.34. The van der Waals surface area contributed by atoms with Crippen molar-refractivity contribution in [3.05, 3.63) is 130 Å². The van der Waals surface area contributed by atoms with Crippen molar-refractivity contribution in [2.24, 2.45) is 0 Å². The monoisotopic (exact) mass is 902 g/mol. The van der Waals surface area contributed by atoms with Gasteiger partial charge in [0.05, 0.1) is 27.8 Å². The Morgan fingerprint density at radius 3 is 1.48 bits per heavy atom. The molecule has 0 unspecified atom stereocenters. The van der Waals surface area contributed by atoms with Crippen LogP contribution in [-0.4, -0.2) is 35.7 Å². The summed E-state index contributed by atoms with van der Waals surface area (Å²) in [6, 6.07) is 4.51. The molecule has 26 heteroatoms. The Balaban J connectivity index is 0.000000232. The van der Waals surface area contributed by atoms with Crippen LogP contribution in [0.15, 0.2) is 73.3 Å². The quantitative estimate of drug-likeness (QED) is 0.131. The molecule has 2 heterocycles. The number of aromatic nitrogens is 4. The summed E-state index contributed by atoms with van der Waals surface area (Å²) in [5, 5.41) is 11.5. The van der Waals surface area contributed by atoms with E-state index in [9.17, 15) is 66.7 Å². The number of aromatic carboxylic acids is 1. The normalized spacial score (nSPS) is 11.4. The number of alkyl halides is 9. The maximum absolute atomic E-state index is 14.3. The number of benzene rings is 4. The molecular formula is C34H19F13N6O5S2. The summed E-state index contributed by atoms with van der Waals surface area (Å²) in [5.74, 6) is -11.2. The molecule has 0 aliphatic heterocycles. The number of carboxylic acid groups (broad SMARTS) is 1. The molecule has 0 saturated heterocycles. The molecular weight excluding hydrogens is 884 g/mol. The topological polar surface area (TPSA) is 162 Å². The number of nitrogens with one attached hydrogen (secondary N) is 1. The van der Waals surface area contributed by atoms with Gasteiger partial charge in [0.25, 0.3) is 5.91 Å². The number of hydrogen-bond donors (Lipinski definition) is 3. The van der Waals surface area contributed by atoms with Crippen molar-refractivity contribution in [1.29, 1.82) is 0 Å². The van der Waals surface area contributed by atoms with E-state index in [0.29, 0.717) is 23.3 Å². The first-order valence-electron chi connectivity index (χ1n) is 15.5. The van der Waals surface area contributed by atoms with Crippen LogP contribution in [0, 0.1) is 30.2 Å². The standard InChI is InChI=1S/C17H10F5N3O2S.C15H6F8O3.C2H3N3S/c1-8-2-9(17(20,21)22)4-10(3-8)27-14-6-12(18)11(5-13(14)19)15(26)25-16-23-7-24-28-16;16-10-5-12(11(17)4-9(10)13(24)25)26-8-2-6(14(18,19)20)1-7(3-8)15(21,22)23;3-2-4-1-5-6-2/h2-7H,1H3,(H,23,24,25,26);1-5H,(H,24,25);1H,(H2,3,4,5). The lowest BCUT2D eigenvalue weighted by Crippen LogP contribution is -2.14. The van der Waals surface area contributed by atoms with Gasteiger partial charge in [-0.05, 0) is 61.0 Å². The highest BCUT2D eigenvalue weighted by Crippen LogP contribution is 2.40. The number of carbonyl (C=O) groups is 2. The van der Waals surface area contributed by atoms with Crippen molar-refractivity contribution in [2.75, 3.05) is 11.1 Å². The highest BCUT2D eigenvalue weighted by atomic mass is 32.1. The van der Waals surface area contributed by atoms with Crippen LogP contribution in [0.3, 0.4) is 0 Å². The Hall–Kier alpha value is -6.57. The van der Waals surface area contributed by atoms with E-state index in [-0.39, 0.29) is 46.8 Å². The molecule has 1 amide bonds. The average Bonchev–Trinajstić information content (AvgIpc) is 3.84. The molecule has 4 aromatic carbocycles. The van der Waals surface area contributed by atoms with Crippen molar-refractivity contribution in [1.82, 2.24) is 18.7 Å². The Bertz CT molecular complexity index is 2430. The summed E-state index contributed by atoms with van der Waals surface area (Å²) in [4.78, 5) is 30.0. The van der Waals surface area contributed by atoms with Gasteiger partial charge in [-0.15, -0.1) is 0 Å². The molecule has 4 N–H and O–H groups in total. The minimum atomic E-state index is -5.16. The Morgan fingerprint density at radius 1 is 0.617 bits per heavy atom. The first kappa shape index (κ1) is 46.1. The zero-order valence-electron chi connectivity index (χ0n) is 29.1. The number of carboxylic acids is 1. The first-order chi connectivity index (χ1) is 27.8. The van der Waals surface area contributed by atoms with Crippen LogP contribution >= 0.6 is 23.1 Å². The van der Waals surface area contributed by atoms with E-state index in [1.54, 1.807) is 0 Å². The molecule has 0 saturated carbocycles. The van der Waals surface area contributed by atoms with Crippen LogP contribution < -0.4 is 20.5 Å². The van der Waals surface area contributed by atoms with E-state index in [2.05, 4.69) is 28.8 Å². The van der Waals surface area contributed by atoms with Gasteiger partial charge in [0.1, 0.15) is 35.8 Å². The molecule has 6 aromatic rings. The van der Waals surface area contributed by atoms with E-state index in [4.69, 9.17) is 15.6 Å². The number of hydrogen-bond acceptors (Lipinski definition) is 11. The lowest BCUT2D eigenvalue weighted by molar-refractivity contribution is -0.143. The second kappa shape index (κ2) is 18.6. The third-order valence-corrected chi connectivity index (χ3v) is 7.95. The third kappa shape index (κ3) is 12.7. The SMILES string of the molecule is Cc1cc(Oc2cc(F)c(C(=O)Nc3ncns3)cc2F)cc(C(F)(F)F)c1.Nc1ncns1.O=C(O)c1cc(F)c(Oc2cc(C(F)(F)F)cc(C(F)(F)F)c2)cc1F. The van der Waals surface area contributed by atoms with Crippen molar-refractivity contribution < 1.29 is 81.2 Å². The summed E-state index contributed by atoms with van der Waals surface area (Å²) in [5.41, 5.74) is -0.793. The van der Waals surface area contributed by atoms with E-state index in [0.717, 1.165) is 17.6 Å². The zero-order chi connectivity index (χ0) is 44.7. The van der Waals surface area contributed by atoms with Gasteiger partial charge in [-0.1, -0.05) is 0 Å². The predicted octanol–water partition coefficient (Wildman–Crippen LogP) is 10.8. The smallest absolute Gasteiger partial charge is 0.416 e. The second-order valence-corrected chi connectivity index (χ2v) is 12.9. The predicted molar refractivity (Wildman–Crippen MR) is 185 cm³/mol. The Labute approximate surface area is 334 Å². The van der Waals surface area contributed by atoms with Gasteiger partial charge in [0, 0.05) is 35.2 Å². The van der Waals surface area contributed by atoms with Crippen LogP contribution in [0.5, 0.6) is 23.0 Å². The van der Waals surface area contributed by atoms with Gasteiger partial charge >= 0.3 is 24.5 Å². The maximum atomic E-state index is 14.3. The number of halogens is 13. The van der Waals surface area contributed by atoms with Gasteiger partial charge in [-0.3, -0.25) is 10.1 Å². The van der Waals surface area contributed by atoms with Crippen LogP contribution in [0.2, 0.25) is 0 Å². The maximum Gasteiger partial charge on any atom is 0.416 e. The highest BCUT2D eigenvalue weighted by Gasteiger charge is 2.37. The van der Waals surface area contributed by atoms with Crippen LogP contribution in [0.25, 0.3) is 0 Å². The number of nitrogens with zero attached hydrogens (tertiary/aromatic N) is 4. The fourth-order valence-corrected chi connectivity index (χ4v) is 5.06. The van der Waals surface area contributed by atoms with Crippen LogP contribution in [0.1, 0.15) is 43.0 Å². The summed E-state index contributed by atoms with van der Waals surface area (Å²) in [6.07, 6.45) is -12.3. The van der Waals surface area contributed by atoms with Crippen LogP contribution in [-0.2, 0) is 18.5 Å². The molecule has 11 nitrogen and oxygen atoms in total. The van der Waals surface area contributed by atoms with Gasteiger partial charge < -0.3 is 20.3 Å². The van der Waals surface area contributed by atoms with E-state index in [1.807, 2.05) is 0 Å². The van der Waals surface area contributed by atoms with Gasteiger partial charge in [-0.2, -0.15) is 48.3 Å². The molecule has 6 rings (SSSR count). The largest absolute Gasteiger partial charge is 0.478 e. The summed E-state index contributed by atoms with van der Waals surface area (Å²) < 4.78 is 188. The lowest BCUT2D eigenvalue weighted by atomic mass is 10.1. The lowest BCUT2D eigenvalue weighted by Gasteiger charge is -2.15. The number of rotatable bonds is 7. The van der Waals surface area contributed by atoms with Gasteiger partial charge in [0.15, 0.2) is 28.3 Å². The molecule has 0 aliphatic rings. The van der Waals surface area contributed by atoms with Gasteiger partial charge in [0.2, 0.25) is 5.13 Å². The van der Waals surface area contributed by atoms with E-state index >= 15 is 0 Å². The molecule has 0 bridgehead atoms. The first-order valence-corrected chi connectivity index (χ1v) is 17.0. The molecule has 0 aliphatic carbocycles. The number of aryl methyl sites for hydroxylation is 1. The molecule has 318 valence electrons. The fraction of sp³-hybridized carbons (Fsp3) is 0.118. The number of nitrogens with two attached hydrogens (primary N) is 1. The summed E-state index contributed by atoms with van der Waals surface area (Å²) in [7, 11) is 0. The molecule has 0 fully saturated rings.